The first kappa shape index (κ1) is 9.56. The van der Waals surface area contributed by atoms with E-state index in [0.717, 1.165) is 38.4 Å². The molecule has 1 saturated carbocycles. The average Bonchev–Trinajstić information content (AvgIpc) is 2.19. The third-order valence-corrected chi connectivity index (χ3v) is 3.34. The summed E-state index contributed by atoms with van der Waals surface area (Å²) in [6.45, 7) is 0. The van der Waals surface area contributed by atoms with Crippen molar-refractivity contribution < 1.29 is 14.6 Å². The molecule has 0 bridgehead atoms. The normalized spacial score (nSPS) is 29.1. The van der Waals surface area contributed by atoms with Crippen molar-refractivity contribution in [2.24, 2.45) is 0 Å². The molecule has 78 valence electrons. The zero-order valence-corrected chi connectivity index (χ0v) is 8.29. The van der Waals surface area contributed by atoms with Gasteiger partial charge < -0.3 is 9.84 Å². The van der Waals surface area contributed by atoms with E-state index in [9.17, 15) is 4.79 Å². The van der Waals surface area contributed by atoms with Crippen LogP contribution in [-0.4, -0.2) is 16.7 Å². The summed E-state index contributed by atoms with van der Waals surface area (Å²) in [5.41, 5.74) is 0.225. The minimum atomic E-state index is -0.319. The molecular formula is C11H16O3. The lowest BCUT2D eigenvalue weighted by atomic mass is 9.79. The minimum Gasteiger partial charge on any atom is -0.515 e. The van der Waals surface area contributed by atoms with E-state index in [1.807, 2.05) is 0 Å². The van der Waals surface area contributed by atoms with Gasteiger partial charge in [0.05, 0.1) is 11.8 Å². The molecule has 3 heteroatoms. The molecule has 2 fully saturated rings. The largest absolute Gasteiger partial charge is 0.515 e. The van der Waals surface area contributed by atoms with Gasteiger partial charge in [-0.05, 0) is 38.5 Å². The molecule has 1 aliphatic heterocycles. The third kappa shape index (κ3) is 1.63. The molecule has 0 aromatic rings. The molecule has 1 saturated heterocycles. The zero-order valence-electron chi connectivity index (χ0n) is 8.29. The number of aliphatic hydroxyl groups excluding tert-OH is 1. The number of hydrogen-bond acceptors (Lipinski definition) is 3. The molecule has 14 heavy (non-hydrogen) atoms. The van der Waals surface area contributed by atoms with E-state index in [0.29, 0.717) is 12.0 Å². The second-order valence-electron chi connectivity index (χ2n) is 4.29. The summed E-state index contributed by atoms with van der Waals surface area (Å²) in [7, 11) is 0. The second-order valence-corrected chi connectivity index (χ2v) is 4.29. The predicted molar refractivity (Wildman–Crippen MR) is 51.9 cm³/mol. The Labute approximate surface area is 83.8 Å². The third-order valence-electron chi connectivity index (χ3n) is 3.34. The van der Waals surface area contributed by atoms with Gasteiger partial charge in [0.2, 0.25) is 0 Å². The van der Waals surface area contributed by atoms with Crippen LogP contribution in [0.25, 0.3) is 0 Å². The summed E-state index contributed by atoms with van der Waals surface area (Å²) >= 11 is 0. The van der Waals surface area contributed by atoms with Crippen LogP contribution in [-0.2, 0) is 9.53 Å². The Balaban J connectivity index is 2.07. The second kappa shape index (κ2) is 3.64. The van der Waals surface area contributed by atoms with Crippen molar-refractivity contribution in [3.63, 3.8) is 0 Å². The Morgan fingerprint density at radius 1 is 1.21 bits per heavy atom. The summed E-state index contributed by atoms with van der Waals surface area (Å²) in [6.07, 6.45) is 7.99. The molecule has 0 aromatic carbocycles. The van der Waals surface area contributed by atoms with Gasteiger partial charge in [0.1, 0.15) is 5.60 Å². The molecule has 3 nitrogen and oxygen atoms in total. The summed E-state index contributed by atoms with van der Waals surface area (Å²) in [6, 6.07) is 0. The minimum absolute atomic E-state index is 0.193. The maximum atomic E-state index is 11.4. The van der Waals surface area contributed by atoms with Crippen molar-refractivity contribution in [1.82, 2.24) is 0 Å². The maximum Gasteiger partial charge on any atom is 0.337 e. The van der Waals surface area contributed by atoms with Crippen LogP contribution in [0.4, 0.5) is 0 Å². The first-order valence-electron chi connectivity index (χ1n) is 5.32. The van der Waals surface area contributed by atoms with Gasteiger partial charge in [-0.15, -0.1) is 0 Å². The monoisotopic (exact) mass is 196 g/mol. The average molecular weight is 196 g/mol. The molecule has 0 atom stereocenters. The van der Waals surface area contributed by atoms with Crippen molar-refractivity contribution in [2.75, 3.05) is 0 Å². The van der Waals surface area contributed by atoms with Crippen molar-refractivity contribution in [3.8, 4) is 0 Å². The first-order valence-corrected chi connectivity index (χ1v) is 5.32. The Morgan fingerprint density at radius 3 is 2.50 bits per heavy atom. The number of carbonyl (C=O) groups excluding carboxylic acids is 1. The van der Waals surface area contributed by atoms with Crippen molar-refractivity contribution in [2.45, 2.75) is 50.5 Å². The topological polar surface area (TPSA) is 46.5 Å². The highest BCUT2D eigenvalue weighted by atomic mass is 16.6. The van der Waals surface area contributed by atoms with Crippen LogP contribution >= 0.6 is 0 Å². The molecular weight excluding hydrogens is 180 g/mol. The van der Waals surface area contributed by atoms with E-state index >= 15 is 0 Å². The SMILES string of the molecule is O=C1OC2(CCCCC2)CC/C1=C/O. The quantitative estimate of drug-likeness (QED) is 0.368. The van der Waals surface area contributed by atoms with E-state index in [4.69, 9.17) is 9.84 Å². The number of hydrogen-bond donors (Lipinski definition) is 1. The molecule has 0 unspecified atom stereocenters. The van der Waals surface area contributed by atoms with Crippen LogP contribution in [0.3, 0.4) is 0 Å². The molecule has 1 N–H and O–H groups in total. The fourth-order valence-electron chi connectivity index (χ4n) is 2.44. The predicted octanol–water partition coefficient (Wildman–Crippen LogP) is 2.47. The molecule has 1 heterocycles. The summed E-state index contributed by atoms with van der Waals surface area (Å²) < 4.78 is 5.45. The number of esters is 1. The number of rotatable bonds is 0. The van der Waals surface area contributed by atoms with Crippen LogP contribution in [0.1, 0.15) is 44.9 Å². The zero-order chi connectivity index (χ0) is 10.0. The lowest BCUT2D eigenvalue weighted by molar-refractivity contribution is -0.164. The lowest BCUT2D eigenvalue weighted by Gasteiger charge is -2.40. The lowest BCUT2D eigenvalue weighted by Crippen LogP contribution is -2.41. The number of aliphatic hydroxyl groups is 1. The number of carbonyl (C=O) groups is 1. The van der Waals surface area contributed by atoms with Gasteiger partial charge in [0, 0.05) is 0 Å². The fourth-order valence-corrected chi connectivity index (χ4v) is 2.44. The molecule has 0 aromatic heterocycles. The van der Waals surface area contributed by atoms with Crippen LogP contribution in [0.15, 0.2) is 11.8 Å². The van der Waals surface area contributed by atoms with E-state index < -0.39 is 0 Å². The maximum absolute atomic E-state index is 11.4. The Bertz CT molecular complexity index is 262. The molecule has 1 spiro atoms. The summed E-state index contributed by atoms with van der Waals surface area (Å²) in [5, 5.41) is 8.79. The molecule has 0 radical (unpaired) electrons. The van der Waals surface area contributed by atoms with Crippen molar-refractivity contribution in [3.05, 3.63) is 11.8 Å². The van der Waals surface area contributed by atoms with E-state index in [2.05, 4.69) is 0 Å². The number of ether oxygens (including phenoxy) is 1. The Hall–Kier alpha value is -0.990. The van der Waals surface area contributed by atoms with Crippen LogP contribution in [0, 0.1) is 0 Å². The van der Waals surface area contributed by atoms with E-state index in [1.54, 1.807) is 0 Å². The smallest absolute Gasteiger partial charge is 0.337 e. The van der Waals surface area contributed by atoms with Gasteiger partial charge in [0.25, 0.3) is 0 Å². The molecule has 2 rings (SSSR count). The van der Waals surface area contributed by atoms with Crippen molar-refractivity contribution >= 4 is 5.97 Å². The van der Waals surface area contributed by atoms with Gasteiger partial charge in [-0.3, -0.25) is 0 Å². The Morgan fingerprint density at radius 2 is 1.93 bits per heavy atom. The summed E-state index contributed by atoms with van der Waals surface area (Å²) in [5.74, 6) is -0.319. The van der Waals surface area contributed by atoms with Crippen LogP contribution in [0.2, 0.25) is 0 Å². The fraction of sp³-hybridized carbons (Fsp3) is 0.727. The standard InChI is InChI=1S/C11H16O3/c12-8-9-4-7-11(14-10(9)13)5-2-1-3-6-11/h8,12H,1-7H2/b9-8-. The molecule has 2 aliphatic rings. The highest BCUT2D eigenvalue weighted by Crippen LogP contribution is 2.39. The van der Waals surface area contributed by atoms with Crippen molar-refractivity contribution in [1.29, 1.82) is 0 Å². The van der Waals surface area contributed by atoms with Gasteiger partial charge in [-0.25, -0.2) is 4.79 Å². The molecule has 1 aliphatic carbocycles. The highest BCUT2D eigenvalue weighted by molar-refractivity contribution is 5.89. The van der Waals surface area contributed by atoms with E-state index in [1.165, 1.54) is 6.42 Å². The van der Waals surface area contributed by atoms with Gasteiger partial charge in [-0.1, -0.05) is 6.42 Å². The van der Waals surface area contributed by atoms with E-state index in [-0.39, 0.29) is 11.6 Å². The van der Waals surface area contributed by atoms with Gasteiger partial charge >= 0.3 is 5.97 Å². The first-order chi connectivity index (χ1) is 6.76. The van der Waals surface area contributed by atoms with Gasteiger partial charge in [0.15, 0.2) is 0 Å². The summed E-state index contributed by atoms with van der Waals surface area (Å²) in [4.78, 5) is 11.4. The van der Waals surface area contributed by atoms with Crippen LogP contribution < -0.4 is 0 Å². The Kier molecular flexibility index (Phi) is 2.48. The van der Waals surface area contributed by atoms with Gasteiger partial charge in [-0.2, -0.15) is 0 Å². The highest BCUT2D eigenvalue weighted by Gasteiger charge is 2.40. The van der Waals surface area contributed by atoms with Crippen LogP contribution in [0.5, 0.6) is 0 Å². The molecule has 0 amide bonds.